The van der Waals surface area contributed by atoms with E-state index in [9.17, 15) is 9.59 Å². The van der Waals surface area contributed by atoms with Gasteiger partial charge < -0.3 is 20.1 Å². The Morgan fingerprint density at radius 1 is 1.60 bits per heavy atom. The fourth-order valence-corrected chi connectivity index (χ4v) is 1.63. The fraction of sp³-hybridized carbons (Fsp3) is 0.778. The zero-order valence-electron chi connectivity index (χ0n) is 8.73. The highest BCUT2D eigenvalue weighted by atomic mass is 16.5. The standard InChI is InChI=1S/C9H16N2O4/c1-15-6-4-10-9(14)11-5-2-3-7(11)8(12)13/h7H,2-6H2,1H3,(H,10,14)(H,12,13)/t7-/m1/s1. The molecule has 0 bridgehead atoms. The molecule has 0 unspecified atom stereocenters. The average Bonchev–Trinajstić information content (AvgIpc) is 2.66. The van der Waals surface area contributed by atoms with Gasteiger partial charge in [-0.2, -0.15) is 0 Å². The van der Waals surface area contributed by atoms with E-state index in [1.807, 2.05) is 0 Å². The van der Waals surface area contributed by atoms with E-state index in [1.54, 1.807) is 7.11 Å². The molecule has 0 aromatic carbocycles. The molecule has 6 heteroatoms. The van der Waals surface area contributed by atoms with Gasteiger partial charge in [-0.05, 0) is 12.8 Å². The van der Waals surface area contributed by atoms with Crippen molar-refractivity contribution in [2.45, 2.75) is 18.9 Å². The molecular weight excluding hydrogens is 200 g/mol. The van der Waals surface area contributed by atoms with Crippen molar-refractivity contribution >= 4 is 12.0 Å². The maximum absolute atomic E-state index is 11.5. The van der Waals surface area contributed by atoms with Gasteiger partial charge in [0.2, 0.25) is 0 Å². The molecule has 1 aliphatic rings. The molecule has 0 aromatic heterocycles. The molecule has 1 fully saturated rings. The zero-order chi connectivity index (χ0) is 11.3. The monoisotopic (exact) mass is 216 g/mol. The van der Waals surface area contributed by atoms with E-state index in [4.69, 9.17) is 9.84 Å². The van der Waals surface area contributed by atoms with Crippen LogP contribution in [-0.2, 0) is 9.53 Å². The van der Waals surface area contributed by atoms with Crippen molar-refractivity contribution in [1.82, 2.24) is 10.2 Å². The molecular formula is C9H16N2O4. The summed E-state index contributed by atoms with van der Waals surface area (Å²) in [6.45, 7) is 1.34. The molecule has 1 rings (SSSR count). The predicted octanol–water partition coefficient (Wildman–Crippen LogP) is -0.109. The van der Waals surface area contributed by atoms with E-state index >= 15 is 0 Å². The largest absolute Gasteiger partial charge is 0.480 e. The normalized spacial score (nSPS) is 20.3. The Morgan fingerprint density at radius 3 is 2.93 bits per heavy atom. The van der Waals surface area contributed by atoms with Crippen LogP contribution in [0.25, 0.3) is 0 Å². The summed E-state index contributed by atoms with van der Waals surface area (Å²) >= 11 is 0. The van der Waals surface area contributed by atoms with Gasteiger partial charge in [0.15, 0.2) is 0 Å². The van der Waals surface area contributed by atoms with Crippen LogP contribution in [0.3, 0.4) is 0 Å². The van der Waals surface area contributed by atoms with Crippen molar-refractivity contribution in [3.63, 3.8) is 0 Å². The van der Waals surface area contributed by atoms with Gasteiger partial charge in [0, 0.05) is 20.2 Å². The van der Waals surface area contributed by atoms with E-state index in [-0.39, 0.29) is 6.03 Å². The number of amides is 2. The number of carbonyl (C=O) groups is 2. The summed E-state index contributed by atoms with van der Waals surface area (Å²) in [6, 6.07) is -0.996. The lowest BCUT2D eigenvalue weighted by molar-refractivity contribution is -0.141. The van der Waals surface area contributed by atoms with Crippen molar-refractivity contribution in [1.29, 1.82) is 0 Å². The Bertz CT molecular complexity index is 244. The van der Waals surface area contributed by atoms with Crippen molar-refractivity contribution < 1.29 is 19.4 Å². The van der Waals surface area contributed by atoms with Gasteiger partial charge in [-0.3, -0.25) is 0 Å². The third-order valence-corrected chi connectivity index (χ3v) is 2.38. The van der Waals surface area contributed by atoms with Gasteiger partial charge in [0.1, 0.15) is 6.04 Å². The summed E-state index contributed by atoms with van der Waals surface area (Å²) in [6.07, 6.45) is 1.28. The van der Waals surface area contributed by atoms with Gasteiger partial charge in [-0.25, -0.2) is 9.59 Å². The fourth-order valence-electron chi connectivity index (χ4n) is 1.63. The first-order valence-corrected chi connectivity index (χ1v) is 4.93. The second-order valence-corrected chi connectivity index (χ2v) is 3.41. The van der Waals surface area contributed by atoms with E-state index in [1.165, 1.54) is 4.90 Å². The van der Waals surface area contributed by atoms with Crippen LogP contribution in [0, 0.1) is 0 Å². The van der Waals surface area contributed by atoms with Crippen LogP contribution in [0.5, 0.6) is 0 Å². The Balaban J connectivity index is 2.40. The Kier molecular flexibility index (Phi) is 4.36. The summed E-state index contributed by atoms with van der Waals surface area (Å²) in [5.74, 6) is -0.936. The molecule has 6 nitrogen and oxygen atoms in total. The maximum atomic E-state index is 11.5. The lowest BCUT2D eigenvalue weighted by Gasteiger charge is -2.21. The number of likely N-dealkylation sites (tertiary alicyclic amines) is 1. The van der Waals surface area contributed by atoms with E-state index in [2.05, 4.69) is 5.32 Å². The number of hydrogen-bond donors (Lipinski definition) is 2. The second kappa shape index (κ2) is 5.55. The van der Waals surface area contributed by atoms with Crippen LogP contribution >= 0.6 is 0 Å². The van der Waals surface area contributed by atoms with Gasteiger partial charge in [0.05, 0.1) is 6.61 Å². The van der Waals surface area contributed by atoms with Crippen molar-refractivity contribution in [2.75, 3.05) is 26.8 Å². The quantitative estimate of drug-likeness (QED) is 0.643. The number of nitrogens with one attached hydrogen (secondary N) is 1. The second-order valence-electron chi connectivity index (χ2n) is 3.41. The molecule has 2 amide bonds. The summed E-state index contributed by atoms with van der Waals surface area (Å²) in [7, 11) is 1.54. The minimum absolute atomic E-state index is 0.322. The van der Waals surface area contributed by atoms with E-state index in [0.29, 0.717) is 26.1 Å². The molecule has 1 heterocycles. The molecule has 15 heavy (non-hydrogen) atoms. The average molecular weight is 216 g/mol. The first-order valence-electron chi connectivity index (χ1n) is 4.93. The van der Waals surface area contributed by atoms with Crippen LogP contribution in [0.1, 0.15) is 12.8 Å². The van der Waals surface area contributed by atoms with E-state index in [0.717, 1.165) is 6.42 Å². The highest BCUT2D eigenvalue weighted by molar-refractivity contribution is 5.83. The number of nitrogens with zero attached hydrogens (tertiary/aromatic N) is 1. The summed E-state index contributed by atoms with van der Waals surface area (Å²) in [4.78, 5) is 23.7. The molecule has 86 valence electrons. The third-order valence-electron chi connectivity index (χ3n) is 2.38. The third kappa shape index (κ3) is 3.09. The predicted molar refractivity (Wildman–Crippen MR) is 52.6 cm³/mol. The molecule has 1 atom stereocenters. The minimum atomic E-state index is -0.936. The van der Waals surface area contributed by atoms with Gasteiger partial charge >= 0.3 is 12.0 Å². The first kappa shape index (κ1) is 11.8. The number of ether oxygens (including phenoxy) is 1. The highest BCUT2D eigenvalue weighted by Gasteiger charge is 2.33. The minimum Gasteiger partial charge on any atom is -0.480 e. The van der Waals surface area contributed by atoms with E-state index < -0.39 is 12.0 Å². The topological polar surface area (TPSA) is 78.9 Å². The molecule has 0 spiro atoms. The smallest absolute Gasteiger partial charge is 0.326 e. The number of methoxy groups -OCH3 is 1. The SMILES string of the molecule is COCCNC(=O)N1CCC[C@@H]1C(=O)O. The van der Waals surface area contributed by atoms with Crippen LogP contribution in [0.4, 0.5) is 4.79 Å². The molecule has 0 aliphatic carbocycles. The van der Waals surface area contributed by atoms with Crippen LogP contribution in [-0.4, -0.2) is 54.9 Å². The maximum Gasteiger partial charge on any atom is 0.326 e. The summed E-state index contributed by atoms with van der Waals surface area (Å²) in [5.41, 5.74) is 0. The number of urea groups is 1. The zero-order valence-corrected chi connectivity index (χ0v) is 8.73. The number of rotatable bonds is 4. The summed E-state index contributed by atoms with van der Waals surface area (Å²) in [5, 5.41) is 11.5. The van der Waals surface area contributed by atoms with Crippen LogP contribution < -0.4 is 5.32 Å². The number of carbonyl (C=O) groups excluding carboxylic acids is 1. The lowest BCUT2D eigenvalue weighted by atomic mass is 10.2. The van der Waals surface area contributed by atoms with Crippen LogP contribution in [0.15, 0.2) is 0 Å². The summed E-state index contributed by atoms with van der Waals surface area (Å²) < 4.78 is 4.78. The molecule has 2 N–H and O–H groups in total. The lowest BCUT2D eigenvalue weighted by Crippen LogP contribution is -2.46. The van der Waals surface area contributed by atoms with Gasteiger partial charge in [-0.1, -0.05) is 0 Å². The Hall–Kier alpha value is -1.30. The van der Waals surface area contributed by atoms with Gasteiger partial charge in [-0.15, -0.1) is 0 Å². The first-order chi connectivity index (χ1) is 7.16. The van der Waals surface area contributed by atoms with Crippen molar-refractivity contribution in [3.05, 3.63) is 0 Å². The van der Waals surface area contributed by atoms with Crippen molar-refractivity contribution in [3.8, 4) is 0 Å². The number of carboxylic acid groups (broad SMARTS) is 1. The van der Waals surface area contributed by atoms with Crippen LogP contribution in [0.2, 0.25) is 0 Å². The molecule has 1 saturated heterocycles. The van der Waals surface area contributed by atoms with Gasteiger partial charge in [0.25, 0.3) is 0 Å². The molecule has 0 radical (unpaired) electrons. The molecule has 0 saturated carbocycles. The number of aliphatic carboxylic acids is 1. The van der Waals surface area contributed by atoms with Crippen molar-refractivity contribution in [2.24, 2.45) is 0 Å². The Labute approximate surface area is 88.2 Å². The Morgan fingerprint density at radius 2 is 2.33 bits per heavy atom. The molecule has 0 aromatic rings. The number of hydrogen-bond acceptors (Lipinski definition) is 3. The molecule has 1 aliphatic heterocycles. The number of carboxylic acids is 1. The highest BCUT2D eigenvalue weighted by Crippen LogP contribution is 2.16.